The number of aliphatic hydroxyl groups excluding tert-OH is 1. The summed E-state index contributed by atoms with van der Waals surface area (Å²) in [5.74, 6) is 1.51. The van der Waals surface area contributed by atoms with Crippen LogP contribution < -0.4 is 10.1 Å². The molecule has 2 atom stereocenters. The van der Waals surface area contributed by atoms with Gasteiger partial charge in [0.1, 0.15) is 5.75 Å². The van der Waals surface area contributed by atoms with Gasteiger partial charge in [-0.25, -0.2) is 0 Å². The number of ether oxygens (including phenoxy) is 2. The summed E-state index contributed by atoms with van der Waals surface area (Å²) in [5, 5.41) is 14.0. The number of thiophene rings is 1. The van der Waals surface area contributed by atoms with Gasteiger partial charge in [-0.1, -0.05) is 12.1 Å². The monoisotopic (exact) mass is 481 g/mol. The lowest BCUT2D eigenvalue weighted by Gasteiger charge is -2.29. The third-order valence-electron chi connectivity index (χ3n) is 5.31. The quantitative estimate of drug-likeness (QED) is 0.459. The Labute approximate surface area is 186 Å². The number of aryl methyl sites for hydroxylation is 1. The van der Waals surface area contributed by atoms with Gasteiger partial charge < -0.3 is 19.9 Å². The molecule has 2 aromatic rings. The van der Waals surface area contributed by atoms with Crippen LogP contribution in [0.5, 0.6) is 5.75 Å². The summed E-state index contributed by atoms with van der Waals surface area (Å²) in [4.78, 5) is 1.25. The Balaban J connectivity index is 1.47. The number of halogens is 1. The van der Waals surface area contributed by atoms with Crippen LogP contribution in [-0.2, 0) is 11.2 Å². The zero-order valence-electron chi connectivity index (χ0n) is 17.7. The lowest BCUT2D eigenvalue weighted by molar-refractivity contribution is -0.0196. The molecule has 1 aromatic heterocycles. The maximum Gasteiger partial charge on any atom is 0.121 e. The second-order valence-electron chi connectivity index (χ2n) is 8.63. The summed E-state index contributed by atoms with van der Waals surface area (Å²) in [6, 6.07) is 10.5. The van der Waals surface area contributed by atoms with Crippen LogP contribution in [0, 0.1) is 12.8 Å². The van der Waals surface area contributed by atoms with Gasteiger partial charge in [0.25, 0.3) is 0 Å². The van der Waals surface area contributed by atoms with Crippen LogP contribution in [0.25, 0.3) is 0 Å². The third-order valence-corrected chi connectivity index (χ3v) is 7.00. The number of aliphatic hydroxyl groups is 1. The first-order valence-electron chi connectivity index (χ1n) is 10.2. The van der Waals surface area contributed by atoms with Crippen molar-refractivity contribution in [3.8, 4) is 5.75 Å². The van der Waals surface area contributed by atoms with Crippen LogP contribution >= 0.6 is 27.3 Å². The van der Waals surface area contributed by atoms with Gasteiger partial charge in [-0.2, -0.15) is 0 Å². The molecule has 3 rings (SSSR count). The maximum atomic E-state index is 10.5. The van der Waals surface area contributed by atoms with E-state index in [0.717, 1.165) is 21.5 Å². The molecule has 1 heterocycles. The highest BCUT2D eigenvalue weighted by molar-refractivity contribution is 9.11. The molecule has 1 aromatic carbocycles. The van der Waals surface area contributed by atoms with Crippen molar-refractivity contribution >= 4 is 27.3 Å². The number of nitrogens with one attached hydrogen (secondary N) is 1. The molecule has 1 fully saturated rings. The van der Waals surface area contributed by atoms with Crippen molar-refractivity contribution in [3.05, 3.63) is 50.1 Å². The third kappa shape index (κ3) is 6.79. The van der Waals surface area contributed by atoms with Gasteiger partial charge in [0.15, 0.2) is 0 Å². The molecule has 0 spiro atoms. The van der Waals surface area contributed by atoms with E-state index in [1.54, 1.807) is 18.4 Å². The van der Waals surface area contributed by atoms with Crippen LogP contribution in [-0.4, -0.2) is 37.0 Å². The zero-order chi connectivity index (χ0) is 21.0. The van der Waals surface area contributed by atoms with E-state index in [2.05, 4.69) is 66.3 Å². The molecule has 0 saturated heterocycles. The fraction of sp³-hybridized carbons (Fsp3) is 0.565. The Morgan fingerprint density at radius 2 is 2.03 bits per heavy atom. The SMILES string of the molecule is COc1ccc(CC(C)(C)NCC(O)COC(c2ccc(Br)s2)C2CC2)cc1C. The van der Waals surface area contributed by atoms with Crippen molar-refractivity contribution in [3.63, 3.8) is 0 Å². The molecule has 0 amide bonds. The van der Waals surface area contributed by atoms with Crippen LogP contribution in [0.2, 0.25) is 0 Å². The van der Waals surface area contributed by atoms with Crippen LogP contribution in [0.3, 0.4) is 0 Å². The summed E-state index contributed by atoms with van der Waals surface area (Å²) in [7, 11) is 1.70. The van der Waals surface area contributed by atoms with Crippen molar-refractivity contribution in [2.75, 3.05) is 20.3 Å². The number of β-amino-alcohol motifs (C(OH)–C–C–N with tert-alkyl or cyclic N) is 1. The van der Waals surface area contributed by atoms with Crippen molar-refractivity contribution in [1.82, 2.24) is 5.32 Å². The Hall–Kier alpha value is -0.920. The van der Waals surface area contributed by atoms with E-state index >= 15 is 0 Å². The first-order chi connectivity index (χ1) is 13.8. The Kier molecular flexibility index (Phi) is 7.79. The molecule has 1 aliphatic carbocycles. The van der Waals surface area contributed by atoms with E-state index in [4.69, 9.17) is 9.47 Å². The van der Waals surface area contributed by atoms with Crippen molar-refractivity contribution in [1.29, 1.82) is 0 Å². The molecule has 2 N–H and O–H groups in total. The average Bonchev–Trinajstić information content (AvgIpc) is 3.41. The maximum absolute atomic E-state index is 10.5. The Bertz CT molecular complexity index is 803. The van der Waals surface area contributed by atoms with Gasteiger partial charge in [-0.3, -0.25) is 0 Å². The van der Waals surface area contributed by atoms with E-state index in [1.807, 2.05) is 6.07 Å². The van der Waals surface area contributed by atoms with Crippen LogP contribution in [0.1, 0.15) is 48.8 Å². The molecule has 4 nitrogen and oxygen atoms in total. The van der Waals surface area contributed by atoms with Gasteiger partial charge in [-0.05, 0) is 91.2 Å². The fourth-order valence-corrected chi connectivity index (χ4v) is 5.19. The highest BCUT2D eigenvalue weighted by Crippen LogP contribution is 2.45. The van der Waals surface area contributed by atoms with Crippen LogP contribution in [0.4, 0.5) is 0 Å². The molecular weight excluding hydrogens is 450 g/mol. The van der Waals surface area contributed by atoms with E-state index in [-0.39, 0.29) is 11.6 Å². The summed E-state index contributed by atoms with van der Waals surface area (Å²) in [6.45, 7) is 7.24. The predicted molar refractivity (Wildman–Crippen MR) is 123 cm³/mol. The van der Waals surface area contributed by atoms with E-state index < -0.39 is 6.10 Å². The number of methoxy groups -OCH3 is 1. The van der Waals surface area contributed by atoms with Gasteiger partial charge in [0.05, 0.1) is 29.7 Å². The van der Waals surface area contributed by atoms with Gasteiger partial charge in [0.2, 0.25) is 0 Å². The zero-order valence-corrected chi connectivity index (χ0v) is 20.1. The Morgan fingerprint density at radius 3 is 2.62 bits per heavy atom. The molecule has 0 aliphatic heterocycles. The second-order valence-corrected chi connectivity index (χ2v) is 11.1. The first-order valence-corrected chi connectivity index (χ1v) is 11.8. The van der Waals surface area contributed by atoms with E-state index in [1.165, 1.54) is 23.3 Å². The topological polar surface area (TPSA) is 50.7 Å². The van der Waals surface area contributed by atoms with E-state index in [9.17, 15) is 5.11 Å². The number of benzene rings is 1. The number of hydrogen-bond donors (Lipinski definition) is 2. The first kappa shape index (κ1) is 22.8. The minimum absolute atomic E-state index is 0.108. The van der Waals surface area contributed by atoms with Crippen molar-refractivity contribution in [2.24, 2.45) is 5.92 Å². The lowest BCUT2D eigenvalue weighted by atomic mass is 9.93. The standard InChI is InChI=1S/C23H32BrNO3S/c1-15-11-16(5-8-19(15)27-4)12-23(2,3)25-13-18(26)14-28-22(17-6-7-17)20-9-10-21(24)29-20/h5,8-11,17-18,22,25-26H,6-7,12-14H2,1-4H3. The molecule has 160 valence electrons. The normalized spacial score (nSPS) is 16.6. The molecular formula is C23H32BrNO3S. The highest BCUT2D eigenvalue weighted by Gasteiger charge is 2.34. The van der Waals surface area contributed by atoms with Crippen LogP contribution in [0.15, 0.2) is 34.1 Å². The minimum atomic E-state index is -0.531. The number of rotatable bonds is 11. The minimum Gasteiger partial charge on any atom is -0.496 e. The van der Waals surface area contributed by atoms with Crippen molar-refractivity contribution in [2.45, 2.75) is 57.8 Å². The molecule has 0 bridgehead atoms. The van der Waals surface area contributed by atoms with Gasteiger partial charge in [0, 0.05) is 17.0 Å². The van der Waals surface area contributed by atoms with Gasteiger partial charge >= 0.3 is 0 Å². The van der Waals surface area contributed by atoms with Crippen molar-refractivity contribution < 1.29 is 14.6 Å². The second kappa shape index (κ2) is 9.92. The highest BCUT2D eigenvalue weighted by atomic mass is 79.9. The smallest absolute Gasteiger partial charge is 0.121 e. The predicted octanol–water partition coefficient (Wildman–Crippen LogP) is 5.27. The summed E-state index contributed by atoms with van der Waals surface area (Å²) in [5.41, 5.74) is 2.26. The molecule has 1 aliphatic rings. The average molecular weight is 482 g/mol. The molecule has 0 radical (unpaired) electrons. The summed E-state index contributed by atoms with van der Waals surface area (Å²) in [6.07, 6.45) is 2.87. The molecule has 1 saturated carbocycles. The lowest BCUT2D eigenvalue weighted by Crippen LogP contribution is -2.46. The van der Waals surface area contributed by atoms with Gasteiger partial charge in [-0.15, -0.1) is 11.3 Å². The summed E-state index contributed by atoms with van der Waals surface area (Å²) >= 11 is 5.26. The molecule has 6 heteroatoms. The summed E-state index contributed by atoms with van der Waals surface area (Å²) < 4.78 is 12.6. The van der Waals surface area contributed by atoms with E-state index in [0.29, 0.717) is 19.1 Å². The molecule has 2 unspecified atom stereocenters. The fourth-order valence-electron chi connectivity index (χ4n) is 3.62. The Morgan fingerprint density at radius 1 is 1.28 bits per heavy atom. The number of hydrogen-bond acceptors (Lipinski definition) is 5. The largest absolute Gasteiger partial charge is 0.496 e. The molecule has 29 heavy (non-hydrogen) atoms.